The molecule has 154 valence electrons. The van der Waals surface area contributed by atoms with Crippen molar-refractivity contribution in [3.63, 3.8) is 0 Å². The molecule has 0 radical (unpaired) electrons. The number of carbonyl (C=O) groups is 3. The van der Waals surface area contributed by atoms with Gasteiger partial charge in [-0.05, 0) is 32.4 Å². The largest absolute Gasteiger partial charge is 0.477 e. The van der Waals surface area contributed by atoms with Crippen molar-refractivity contribution in [3.8, 4) is 5.75 Å². The van der Waals surface area contributed by atoms with Gasteiger partial charge in [0.25, 0.3) is 11.8 Å². The number of hydrogen-bond acceptors (Lipinski definition) is 8. The monoisotopic (exact) mass is 405 g/mol. The van der Waals surface area contributed by atoms with Gasteiger partial charge in [-0.15, -0.1) is 0 Å². The average molecular weight is 405 g/mol. The van der Waals surface area contributed by atoms with Crippen LogP contribution in [0.2, 0.25) is 0 Å². The number of ether oxygens (including phenoxy) is 2. The van der Waals surface area contributed by atoms with Crippen LogP contribution in [0, 0.1) is 24.0 Å². The first kappa shape index (κ1) is 21.4. The molecule has 11 heteroatoms. The number of carbonyl (C=O) groups excluding carboxylic acids is 3. The fourth-order valence-corrected chi connectivity index (χ4v) is 2.52. The zero-order chi connectivity index (χ0) is 21.7. The minimum Gasteiger partial charge on any atom is -0.477 e. The fraction of sp³-hybridized carbons (Fsp3) is 0.278. The predicted octanol–water partition coefficient (Wildman–Crippen LogP) is 2.10. The molecule has 29 heavy (non-hydrogen) atoms. The zero-order valence-corrected chi connectivity index (χ0v) is 15.9. The molecule has 0 spiro atoms. The highest BCUT2D eigenvalue weighted by Gasteiger charge is 2.29. The highest BCUT2D eigenvalue weighted by atomic mass is 16.6. The maximum Gasteiger partial charge on any atom is 0.342 e. The van der Waals surface area contributed by atoms with Crippen molar-refractivity contribution in [3.05, 3.63) is 50.8 Å². The van der Waals surface area contributed by atoms with Crippen LogP contribution in [0.5, 0.6) is 5.75 Å². The summed E-state index contributed by atoms with van der Waals surface area (Å²) in [7, 11) is 0. The number of primary amides is 1. The van der Waals surface area contributed by atoms with Crippen LogP contribution in [0.25, 0.3) is 0 Å². The molecule has 1 aromatic carbocycles. The number of benzene rings is 1. The van der Waals surface area contributed by atoms with Crippen LogP contribution < -0.4 is 15.8 Å². The van der Waals surface area contributed by atoms with Gasteiger partial charge in [-0.3, -0.25) is 25.0 Å². The van der Waals surface area contributed by atoms with E-state index < -0.39 is 29.3 Å². The maximum absolute atomic E-state index is 12.2. The molecular formula is C18H19N3O8. The fourth-order valence-electron chi connectivity index (χ4n) is 2.52. The number of nitro benzene ring substituents is 1. The minimum absolute atomic E-state index is 0.0302. The molecule has 0 bridgehead atoms. The summed E-state index contributed by atoms with van der Waals surface area (Å²) in [4.78, 5) is 46.5. The molecule has 1 heterocycles. The quantitative estimate of drug-likeness (QED) is 0.383. The van der Waals surface area contributed by atoms with Crippen LogP contribution in [0.4, 0.5) is 11.6 Å². The molecule has 0 aliphatic carbocycles. The van der Waals surface area contributed by atoms with E-state index in [9.17, 15) is 24.5 Å². The third-order valence-electron chi connectivity index (χ3n) is 3.73. The highest BCUT2D eigenvalue weighted by Crippen LogP contribution is 2.29. The molecule has 11 nitrogen and oxygen atoms in total. The number of anilines is 1. The number of nitrogens with zero attached hydrogens (tertiary/aromatic N) is 1. The van der Waals surface area contributed by atoms with Crippen molar-refractivity contribution in [2.45, 2.75) is 20.8 Å². The Morgan fingerprint density at radius 2 is 1.93 bits per heavy atom. The van der Waals surface area contributed by atoms with Gasteiger partial charge in [0.05, 0.1) is 11.5 Å². The zero-order valence-electron chi connectivity index (χ0n) is 15.9. The molecule has 0 aliphatic rings. The SMILES string of the molecule is CCOC(=O)c1c(C)oc(NC(=O)COc2ccc(C)cc2[N+](=O)[O-])c1C(N)=O. The van der Waals surface area contributed by atoms with Crippen LogP contribution in [0.3, 0.4) is 0 Å². The average Bonchev–Trinajstić information content (AvgIpc) is 2.96. The molecule has 1 aromatic heterocycles. The number of esters is 1. The molecule has 0 unspecified atom stereocenters. The predicted molar refractivity (Wildman–Crippen MR) is 99.9 cm³/mol. The number of aryl methyl sites for hydroxylation is 2. The lowest BCUT2D eigenvalue weighted by atomic mass is 10.1. The van der Waals surface area contributed by atoms with E-state index in [2.05, 4.69) is 5.32 Å². The lowest BCUT2D eigenvalue weighted by Crippen LogP contribution is -2.23. The van der Waals surface area contributed by atoms with Gasteiger partial charge in [0.2, 0.25) is 5.88 Å². The van der Waals surface area contributed by atoms with E-state index in [1.165, 1.54) is 19.1 Å². The first-order valence-electron chi connectivity index (χ1n) is 8.43. The molecule has 2 rings (SSSR count). The summed E-state index contributed by atoms with van der Waals surface area (Å²) in [5.41, 5.74) is 5.13. The molecular weight excluding hydrogens is 386 g/mol. The summed E-state index contributed by atoms with van der Waals surface area (Å²) in [6, 6.07) is 4.26. The van der Waals surface area contributed by atoms with Gasteiger partial charge in [0, 0.05) is 6.07 Å². The van der Waals surface area contributed by atoms with Crippen LogP contribution in [-0.2, 0) is 9.53 Å². The number of furan rings is 1. The lowest BCUT2D eigenvalue weighted by Gasteiger charge is -2.08. The Bertz CT molecular complexity index is 980. The number of nitro groups is 1. The Morgan fingerprint density at radius 3 is 2.52 bits per heavy atom. The van der Waals surface area contributed by atoms with Crippen molar-refractivity contribution in [1.29, 1.82) is 0 Å². The second-order valence-electron chi connectivity index (χ2n) is 5.89. The molecule has 0 saturated carbocycles. The molecule has 0 saturated heterocycles. The molecule has 2 aromatic rings. The van der Waals surface area contributed by atoms with Gasteiger partial charge < -0.3 is 19.6 Å². The van der Waals surface area contributed by atoms with Crippen LogP contribution in [0.1, 0.15) is 39.0 Å². The first-order chi connectivity index (χ1) is 13.6. The number of nitrogens with one attached hydrogen (secondary N) is 1. The van der Waals surface area contributed by atoms with E-state index >= 15 is 0 Å². The van der Waals surface area contributed by atoms with Gasteiger partial charge in [-0.2, -0.15) is 0 Å². The van der Waals surface area contributed by atoms with Crippen LogP contribution in [-0.4, -0.2) is 35.9 Å². The van der Waals surface area contributed by atoms with Crippen LogP contribution in [0.15, 0.2) is 22.6 Å². The summed E-state index contributed by atoms with van der Waals surface area (Å²) in [5.74, 6) is -3.03. The number of hydrogen-bond donors (Lipinski definition) is 2. The Kier molecular flexibility index (Phi) is 6.55. The van der Waals surface area contributed by atoms with E-state index in [-0.39, 0.29) is 40.8 Å². The van der Waals surface area contributed by atoms with Gasteiger partial charge in [-0.1, -0.05) is 6.07 Å². The second-order valence-corrected chi connectivity index (χ2v) is 5.89. The van der Waals surface area contributed by atoms with Crippen molar-refractivity contribution in [2.24, 2.45) is 5.73 Å². The second kappa shape index (κ2) is 8.87. The molecule has 0 fully saturated rings. The molecule has 0 aliphatic heterocycles. The summed E-state index contributed by atoms with van der Waals surface area (Å²) in [6.07, 6.45) is 0. The molecule has 0 atom stereocenters. The Balaban J connectivity index is 2.20. The van der Waals surface area contributed by atoms with E-state index in [1.54, 1.807) is 19.9 Å². The smallest absolute Gasteiger partial charge is 0.342 e. The van der Waals surface area contributed by atoms with Gasteiger partial charge >= 0.3 is 11.7 Å². The third kappa shape index (κ3) is 4.89. The number of rotatable bonds is 8. The maximum atomic E-state index is 12.2. The minimum atomic E-state index is -1.00. The van der Waals surface area contributed by atoms with Crippen molar-refractivity contribution in [2.75, 3.05) is 18.5 Å². The number of amides is 2. The van der Waals surface area contributed by atoms with Crippen molar-refractivity contribution in [1.82, 2.24) is 0 Å². The Hall–Kier alpha value is -3.89. The van der Waals surface area contributed by atoms with Gasteiger partial charge in [0.1, 0.15) is 16.9 Å². The van der Waals surface area contributed by atoms with E-state index in [0.717, 1.165) is 0 Å². The van der Waals surface area contributed by atoms with Gasteiger partial charge in [-0.25, -0.2) is 4.79 Å². The molecule has 3 N–H and O–H groups in total. The first-order valence-corrected chi connectivity index (χ1v) is 8.43. The summed E-state index contributed by atoms with van der Waals surface area (Å²) < 4.78 is 15.3. The lowest BCUT2D eigenvalue weighted by molar-refractivity contribution is -0.385. The van der Waals surface area contributed by atoms with Gasteiger partial charge in [0.15, 0.2) is 12.4 Å². The normalized spacial score (nSPS) is 10.3. The van der Waals surface area contributed by atoms with Crippen molar-refractivity contribution >= 4 is 29.4 Å². The van der Waals surface area contributed by atoms with Crippen molar-refractivity contribution < 1.29 is 33.2 Å². The van der Waals surface area contributed by atoms with E-state index in [4.69, 9.17) is 19.6 Å². The molecule has 2 amide bonds. The third-order valence-corrected chi connectivity index (χ3v) is 3.73. The van der Waals surface area contributed by atoms with E-state index in [1.807, 2.05) is 0 Å². The summed E-state index contributed by atoms with van der Waals surface area (Å²) in [5, 5.41) is 13.4. The summed E-state index contributed by atoms with van der Waals surface area (Å²) in [6.45, 7) is 4.11. The van der Waals surface area contributed by atoms with E-state index in [0.29, 0.717) is 5.56 Å². The summed E-state index contributed by atoms with van der Waals surface area (Å²) >= 11 is 0. The van der Waals surface area contributed by atoms with Crippen LogP contribution >= 0.6 is 0 Å². The highest BCUT2D eigenvalue weighted by molar-refractivity contribution is 6.10. The topological polar surface area (TPSA) is 164 Å². The standard InChI is InChI=1S/C18H19N3O8/c1-4-27-18(24)14-10(3)29-17(15(14)16(19)23)20-13(22)8-28-12-6-5-9(2)7-11(12)21(25)26/h5-7H,4,8H2,1-3H3,(H2,19,23)(H,20,22). The number of nitrogens with two attached hydrogens (primary N) is 1. The Morgan fingerprint density at radius 1 is 1.24 bits per heavy atom. The Labute approximate surface area is 164 Å².